The largest absolute Gasteiger partial charge is 0.352 e. The molecule has 0 radical (unpaired) electrons. The van der Waals surface area contributed by atoms with Crippen LogP contribution >= 0.6 is 22.6 Å². The van der Waals surface area contributed by atoms with Gasteiger partial charge in [-0.3, -0.25) is 13.9 Å². The van der Waals surface area contributed by atoms with E-state index < -0.39 is 28.5 Å². The standard InChI is InChI=1S/C30H36IN3O4S/c1-5-23(4)32-30(36)28(6-2)33(20-24-12-10-11-22(3)19-24)29(35)21-34(26-17-15-25(31)16-18-26)39(37,38)27-13-8-7-9-14-27/h7-19,23,28H,5-6,20-21H2,1-4H3,(H,32,36)/t23-,28+/m1/s1. The van der Waals surface area contributed by atoms with Gasteiger partial charge in [0.2, 0.25) is 11.8 Å². The molecule has 7 nitrogen and oxygen atoms in total. The summed E-state index contributed by atoms with van der Waals surface area (Å²) >= 11 is 2.15. The molecule has 0 aliphatic rings. The van der Waals surface area contributed by atoms with Crippen molar-refractivity contribution in [2.24, 2.45) is 0 Å². The topological polar surface area (TPSA) is 86.8 Å². The molecule has 0 saturated carbocycles. The number of benzene rings is 3. The fraction of sp³-hybridized carbons (Fsp3) is 0.333. The first-order chi connectivity index (χ1) is 18.6. The maximum atomic E-state index is 14.1. The molecule has 0 aromatic heterocycles. The fourth-order valence-electron chi connectivity index (χ4n) is 4.22. The van der Waals surface area contributed by atoms with Crippen molar-refractivity contribution in [1.29, 1.82) is 0 Å². The smallest absolute Gasteiger partial charge is 0.264 e. The van der Waals surface area contributed by atoms with Gasteiger partial charge in [-0.25, -0.2) is 8.42 Å². The second-order valence-electron chi connectivity index (χ2n) is 9.55. The first-order valence-corrected chi connectivity index (χ1v) is 15.6. The second-order valence-corrected chi connectivity index (χ2v) is 12.7. The van der Waals surface area contributed by atoms with Gasteiger partial charge in [0.15, 0.2) is 0 Å². The van der Waals surface area contributed by atoms with Crippen molar-refractivity contribution in [2.75, 3.05) is 10.8 Å². The minimum absolute atomic E-state index is 0.0516. The molecule has 9 heteroatoms. The third-order valence-corrected chi connectivity index (χ3v) is 9.05. The van der Waals surface area contributed by atoms with Crippen LogP contribution in [0.5, 0.6) is 0 Å². The minimum atomic E-state index is -4.07. The van der Waals surface area contributed by atoms with Crippen molar-refractivity contribution in [2.45, 2.75) is 64.1 Å². The molecule has 208 valence electrons. The molecule has 1 N–H and O–H groups in total. The molecule has 3 aromatic rings. The minimum Gasteiger partial charge on any atom is -0.352 e. The molecule has 3 rings (SSSR count). The number of carbonyl (C=O) groups is 2. The average molecular weight is 662 g/mol. The predicted octanol–water partition coefficient (Wildman–Crippen LogP) is 5.52. The fourth-order valence-corrected chi connectivity index (χ4v) is 6.02. The van der Waals surface area contributed by atoms with Crippen LogP contribution in [-0.2, 0) is 26.2 Å². The summed E-state index contributed by atoms with van der Waals surface area (Å²) in [4.78, 5) is 29.0. The number of amides is 2. The Morgan fingerprint density at radius 3 is 2.18 bits per heavy atom. The van der Waals surface area contributed by atoms with Gasteiger partial charge in [-0.15, -0.1) is 0 Å². The third-order valence-electron chi connectivity index (χ3n) is 6.55. The Morgan fingerprint density at radius 1 is 0.923 bits per heavy atom. The van der Waals surface area contributed by atoms with Crippen molar-refractivity contribution in [3.05, 3.63) is 93.6 Å². The van der Waals surface area contributed by atoms with Gasteiger partial charge in [-0.2, -0.15) is 0 Å². The van der Waals surface area contributed by atoms with Crippen LogP contribution in [0.15, 0.2) is 83.8 Å². The molecule has 0 bridgehead atoms. The van der Waals surface area contributed by atoms with E-state index in [-0.39, 0.29) is 23.4 Å². The van der Waals surface area contributed by atoms with Crippen LogP contribution < -0.4 is 9.62 Å². The molecule has 0 fully saturated rings. The lowest BCUT2D eigenvalue weighted by Crippen LogP contribution is -2.53. The van der Waals surface area contributed by atoms with Gasteiger partial charge in [0, 0.05) is 16.2 Å². The van der Waals surface area contributed by atoms with Crippen LogP contribution in [0, 0.1) is 10.5 Å². The van der Waals surface area contributed by atoms with Gasteiger partial charge in [0.25, 0.3) is 10.0 Å². The predicted molar refractivity (Wildman–Crippen MR) is 164 cm³/mol. The Bertz CT molecular complexity index is 1360. The van der Waals surface area contributed by atoms with E-state index in [1.165, 1.54) is 17.0 Å². The number of hydrogen-bond acceptors (Lipinski definition) is 4. The highest BCUT2D eigenvalue weighted by Crippen LogP contribution is 2.25. The van der Waals surface area contributed by atoms with E-state index in [0.717, 1.165) is 25.4 Å². The number of sulfonamides is 1. The van der Waals surface area contributed by atoms with Crippen LogP contribution in [-0.4, -0.2) is 43.8 Å². The Labute approximate surface area is 245 Å². The molecule has 0 aliphatic carbocycles. The van der Waals surface area contributed by atoms with E-state index in [0.29, 0.717) is 12.1 Å². The van der Waals surface area contributed by atoms with Gasteiger partial charge < -0.3 is 10.2 Å². The summed E-state index contributed by atoms with van der Waals surface area (Å²) < 4.78 is 29.7. The molecule has 0 unspecified atom stereocenters. The first kappa shape index (κ1) is 30.6. The maximum absolute atomic E-state index is 14.1. The summed E-state index contributed by atoms with van der Waals surface area (Å²) in [6, 6.07) is 22.0. The molecule has 0 saturated heterocycles. The number of hydrogen-bond donors (Lipinski definition) is 1. The van der Waals surface area contributed by atoms with Crippen LogP contribution in [0.25, 0.3) is 0 Å². The highest BCUT2D eigenvalue weighted by molar-refractivity contribution is 14.1. The van der Waals surface area contributed by atoms with E-state index in [4.69, 9.17) is 0 Å². The van der Waals surface area contributed by atoms with Crippen molar-refractivity contribution < 1.29 is 18.0 Å². The summed E-state index contributed by atoms with van der Waals surface area (Å²) in [7, 11) is -4.07. The Morgan fingerprint density at radius 2 is 1.59 bits per heavy atom. The lowest BCUT2D eigenvalue weighted by molar-refractivity contribution is -0.140. The van der Waals surface area contributed by atoms with E-state index >= 15 is 0 Å². The molecule has 2 amide bonds. The Hall–Kier alpha value is -2.92. The Kier molecular flexibility index (Phi) is 10.9. The van der Waals surface area contributed by atoms with Gasteiger partial charge in [-0.1, -0.05) is 61.9 Å². The Balaban J connectivity index is 2.04. The van der Waals surface area contributed by atoms with Crippen molar-refractivity contribution >= 4 is 50.1 Å². The highest BCUT2D eigenvalue weighted by Gasteiger charge is 2.33. The van der Waals surface area contributed by atoms with Crippen molar-refractivity contribution in [3.63, 3.8) is 0 Å². The molecule has 0 heterocycles. The molecule has 2 atom stereocenters. The normalized spacial score (nSPS) is 12.8. The number of anilines is 1. The monoisotopic (exact) mass is 661 g/mol. The van der Waals surface area contributed by atoms with Crippen molar-refractivity contribution in [1.82, 2.24) is 10.2 Å². The van der Waals surface area contributed by atoms with Crippen LogP contribution in [0.3, 0.4) is 0 Å². The summed E-state index contributed by atoms with van der Waals surface area (Å²) in [5.41, 5.74) is 2.27. The zero-order chi connectivity index (χ0) is 28.6. The lowest BCUT2D eigenvalue weighted by atomic mass is 10.1. The second kappa shape index (κ2) is 13.9. The summed E-state index contributed by atoms with van der Waals surface area (Å²) in [5, 5.41) is 2.99. The zero-order valence-electron chi connectivity index (χ0n) is 22.8. The number of rotatable bonds is 12. The average Bonchev–Trinajstić information content (AvgIpc) is 2.92. The third kappa shape index (κ3) is 8.04. The van der Waals surface area contributed by atoms with Crippen LogP contribution in [0.4, 0.5) is 5.69 Å². The van der Waals surface area contributed by atoms with Gasteiger partial charge in [-0.05, 0) is 91.2 Å². The van der Waals surface area contributed by atoms with Gasteiger partial charge >= 0.3 is 0 Å². The van der Waals surface area contributed by atoms with E-state index in [9.17, 15) is 18.0 Å². The van der Waals surface area contributed by atoms with E-state index in [1.54, 1.807) is 42.5 Å². The molecule has 0 aliphatic heterocycles. The SMILES string of the molecule is CC[C@@H](C)NC(=O)[C@H](CC)N(Cc1cccc(C)c1)C(=O)CN(c1ccc(I)cc1)S(=O)(=O)c1ccccc1. The number of nitrogens with zero attached hydrogens (tertiary/aromatic N) is 2. The number of halogens is 1. The van der Waals surface area contributed by atoms with Crippen molar-refractivity contribution in [3.8, 4) is 0 Å². The van der Waals surface area contributed by atoms with Gasteiger partial charge in [0.05, 0.1) is 10.6 Å². The van der Waals surface area contributed by atoms with E-state index in [2.05, 4.69) is 27.9 Å². The van der Waals surface area contributed by atoms with E-state index in [1.807, 2.05) is 52.0 Å². The number of nitrogens with one attached hydrogen (secondary N) is 1. The summed E-state index contributed by atoms with van der Waals surface area (Å²) in [6.45, 7) is 7.45. The molecular weight excluding hydrogens is 625 g/mol. The number of aryl methyl sites for hydroxylation is 1. The molecular formula is C30H36IN3O4S. The first-order valence-electron chi connectivity index (χ1n) is 13.1. The zero-order valence-corrected chi connectivity index (χ0v) is 25.8. The summed E-state index contributed by atoms with van der Waals surface area (Å²) in [5.74, 6) is -0.708. The molecule has 39 heavy (non-hydrogen) atoms. The number of carbonyl (C=O) groups excluding carboxylic acids is 2. The van der Waals surface area contributed by atoms with Crippen LogP contribution in [0.2, 0.25) is 0 Å². The lowest BCUT2D eigenvalue weighted by Gasteiger charge is -2.33. The molecule has 0 spiro atoms. The molecule has 3 aromatic carbocycles. The van der Waals surface area contributed by atoms with Gasteiger partial charge in [0.1, 0.15) is 12.6 Å². The van der Waals surface area contributed by atoms with Crippen LogP contribution in [0.1, 0.15) is 44.7 Å². The summed E-state index contributed by atoms with van der Waals surface area (Å²) in [6.07, 6.45) is 1.14. The highest BCUT2D eigenvalue weighted by atomic mass is 127. The quantitative estimate of drug-likeness (QED) is 0.259. The maximum Gasteiger partial charge on any atom is 0.264 e.